The monoisotopic (exact) mass is 542 g/mol. The first-order valence-electron chi connectivity index (χ1n) is 13.3. The van der Waals surface area contributed by atoms with Crippen LogP contribution in [-0.2, 0) is 10.2 Å². The molecule has 4 aromatic carbocycles. The molecule has 2 N–H and O–H groups in total. The molecule has 41 heavy (non-hydrogen) atoms. The maximum Gasteiger partial charge on any atom is 0.336 e. The van der Waals surface area contributed by atoms with Gasteiger partial charge in [0.2, 0.25) is 5.88 Å². The van der Waals surface area contributed by atoms with Gasteiger partial charge in [0.1, 0.15) is 34.6 Å². The lowest BCUT2D eigenvalue weighted by atomic mass is 9.83. The van der Waals surface area contributed by atoms with Crippen molar-refractivity contribution < 1.29 is 19.0 Å². The molecule has 1 aliphatic rings. The van der Waals surface area contributed by atoms with Gasteiger partial charge in [-0.1, -0.05) is 81.4 Å². The van der Waals surface area contributed by atoms with Crippen molar-refractivity contribution >= 4 is 12.0 Å². The second-order valence-corrected chi connectivity index (χ2v) is 10.7. The van der Waals surface area contributed by atoms with Crippen molar-refractivity contribution in [3.8, 4) is 29.1 Å². The fourth-order valence-corrected chi connectivity index (χ4v) is 4.63. The van der Waals surface area contributed by atoms with Gasteiger partial charge >= 0.3 is 5.97 Å². The maximum absolute atomic E-state index is 12.6. The Morgan fingerprint density at radius 1 is 0.902 bits per heavy atom. The number of hydrogen-bond donors (Lipinski definition) is 1. The lowest BCUT2D eigenvalue weighted by Gasteiger charge is -2.27. The largest absolute Gasteiger partial charge is 0.457 e. The average molecular weight is 543 g/mol. The molecular formula is C35H30N2O4. The van der Waals surface area contributed by atoms with E-state index in [2.05, 4.69) is 39.0 Å². The number of ether oxygens (including phenoxy) is 3. The molecule has 0 radical (unpaired) electrons. The van der Waals surface area contributed by atoms with Crippen LogP contribution < -0.4 is 19.9 Å². The lowest BCUT2D eigenvalue weighted by Crippen LogP contribution is -2.21. The van der Waals surface area contributed by atoms with Gasteiger partial charge in [-0.3, -0.25) is 0 Å². The van der Waals surface area contributed by atoms with Crippen LogP contribution in [0.4, 0.5) is 0 Å². The highest BCUT2D eigenvalue weighted by Gasteiger charge is 2.31. The van der Waals surface area contributed by atoms with Gasteiger partial charge in [0.15, 0.2) is 0 Å². The van der Waals surface area contributed by atoms with E-state index < -0.39 is 11.9 Å². The SMILES string of the molecule is CC(C)(C)c1ccc(/C=C/C(=O)Oc2ccc3c(c2)OC(N)=C(C#N)C3c2cccc(Oc3ccccc3)c2)cc1. The molecule has 0 fully saturated rings. The summed E-state index contributed by atoms with van der Waals surface area (Å²) in [5.41, 5.74) is 10.2. The number of nitrogens with zero attached hydrogens (tertiary/aromatic N) is 1. The topological polar surface area (TPSA) is 94.6 Å². The Morgan fingerprint density at radius 2 is 1.63 bits per heavy atom. The molecule has 0 amide bonds. The highest BCUT2D eigenvalue weighted by atomic mass is 16.5. The summed E-state index contributed by atoms with van der Waals surface area (Å²) in [6.07, 6.45) is 3.10. The van der Waals surface area contributed by atoms with E-state index >= 15 is 0 Å². The number of fused-ring (bicyclic) bond motifs is 1. The number of nitrogens with two attached hydrogens (primary N) is 1. The highest BCUT2D eigenvalue weighted by molar-refractivity contribution is 5.88. The molecule has 6 heteroatoms. The number of nitriles is 1. The third-order valence-electron chi connectivity index (χ3n) is 6.77. The minimum Gasteiger partial charge on any atom is -0.457 e. The van der Waals surface area contributed by atoms with Gasteiger partial charge in [0, 0.05) is 17.7 Å². The van der Waals surface area contributed by atoms with Crippen LogP contribution in [0, 0.1) is 11.3 Å². The zero-order valence-electron chi connectivity index (χ0n) is 23.1. The first-order valence-corrected chi connectivity index (χ1v) is 13.3. The molecule has 0 saturated heterocycles. The van der Waals surface area contributed by atoms with Crippen molar-refractivity contribution in [3.63, 3.8) is 0 Å². The molecule has 1 heterocycles. The molecule has 0 bridgehead atoms. The standard InChI is InChI=1S/C35H30N2O4/c1-35(2,3)25-15-12-23(13-16-25)14-19-32(38)40-28-17-18-29-31(21-28)41-34(37)30(22-36)33(29)24-8-7-11-27(20-24)39-26-9-5-4-6-10-26/h4-21,33H,37H2,1-3H3/b19-14+. The second kappa shape index (κ2) is 11.4. The molecule has 6 nitrogen and oxygen atoms in total. The first kappa shape index (κ1) is 27.3. The van der Waals surface area contributed by atoms with Crippen molar-refractivity contribution in [1.29, 1.82) is 5.26 Å². The summed E-state index contributed by atoms with van der Waals surface area (Å²) in [5, 5.41) is 9.93. The number of para-hydroxylation sites is 1. The number of carbonyl (C=O) groups excluding carboxylic acids is 1. The molecule has 0 aliphatic carbocycles. The smallest absolute Gasteiger partial charge is 0.336 e. The molecule has 204 valence electrons. The third-order valence-corrected chi connectivity index (χ3v) is 6.77. The van der Waals surface area contributed by atoms with Gasteiger partial charge < -0.3 is 19.9 Å². The molecular weight excluding hydrogens is 512 g/mol. The number of rotatable bonds is 6. The minimum atomic E-state index is -0.524. The summed E-state index contributed by atoms with van der Waals surface area (Å²) in [6, 6.07) is 32.3. The van der Waals surface area contributed by atoms with Crippen molar-refractivity contribution in [1.82, 2.24) is 0 Å². The number of benzene rings is 4. The van der Waals surface area contributed by atoms with Crippen molar-refractivity contribution in [2.45, 2.75) is 32.1 Å². The van der Waals surface area contributed by atoms with E-state index in [0.29, 0.717) is 28.6 Å². The molecule has 4 aromatic rings. The van der Waals surface area contributed by atoms with E-state index in [1.54, 1.807) is 24.3 Å². The summed E-state index contributed by atoms with van der Waals surface area (Å²) >= 11 is 0. The number of esters is 1. The summed E-state index contributed by atoms with van der Waals surface area (Å²) in [4.78, 5) is 12.6. The number of allylic oxidation sites excluding steroid dienone is 1. The van der Waals surface area contributed by atoms with Gasteiger partial charge in [-0.05, 0) is 58.5 Å². The number of carbonyl (C=O) groups is 1. The van der Waals surface area contributed by atoms with E-state index in [1.807, 2.05) is 66.7 Å². The Hall–Kier alpha value is -5.28. The van der Waals surface area contributed by atoms with Crippen LogP contribution in [0.3, 0.4) is 0 Å². The summed E-state index contributed by atoms with van der Waals surface area (Å²) in [5.74, 6) is 1.04. The van der Waals surface area contributed by atoms with E-state index in [4.69, 9.17) is 19.9 Å². The van der Waals surface area contributed by atoms with Crippen LogP contribution in [-0.4, -0.2) is 5.97 Å². The van der Waals surface area contributed by atoms with Crippen molar-refractivity contribution in [2.24, 2.45) is 5.73 Å². The van der Waals surface area contributed by atoms with Crippen molar-refractivity contribution in [3.05, 3.63) is 137 Å². The van der Waals surface area contributed by atoms with Crippen LogP contribution >= 0.6 is 0 Å². The molecule has 1 atom stereocenters. The van der Waals surface area contributed by atoms with Crippen LogP contribution in [0.15, 0.2) is 115 Å². The van der Waals surface area contributed by atoms with E-state index in [9.17, 15) is 10.1 Å². The van der Waals surface area contributed by atoms with Gasteiger partial charge in [0.05, 0.1) is 5.92 Å². The predicted molar refractivity (Wildman–Crippen MR) is 159 cm³/mol. The number of hydrogen-bond acceptors (Lipinski definition) is 6. The first-order chi connectivity index (χ1) is 19.7. The highest BCUT2D eigenvalue weighted by Crippen LogP contribution is 2.44. The molecule has 0 aromatic heterocycles. The van der Waals surface area contributed by atoms with E-state index in [0.717, 1.165) is 16.7 Å². The Labute approximate surface area is 239 Å². The quantitative estimate of drug-likeness (QED) is 0.153. The lowest BCUT2D eigenvalue weighted by molar-refractivity contribution is -0.128. The Kier molecular flexibility index (Phi) is 7.62. The zero-order valence-corrected chi connectivity index (χ0v) is 23.1. The average Bonchev–Trinajstić information content (AvgIpc) is 2.96. The molecule has 1 aliphatic heterocycles. The minimum absolute atomic E-state index is 0.00135. The summed E-state index contributed by atoms with van der Waals surface area (Å²) in [7, 11) is 0. The van der Waals surface area contributed by atoms with Crippen molar-refractivity contribution in [2.75, 3.05) is 0 Å². The predicted octanol–water partition coefficient (Wildman–Crippen LogP) is 7.61. The van der Waals surface area contributed by atoms with Crippen LogP contribution in [0.2, 0.25) is 0 Å². The van der Waals surface area contributed by atoms with Gasteiger partial charge in [-0.2, -0.15) is 5.26 Å². The molecule has 1 unspecified atom stereocenters. The Bertz CT molecular complexity index is 1670. The van der Waals surface area contributed by atoms with E-state index in [-0.39, 0.29) is 11.3 Å². The van der Waals surface area contributed by atoms with Crippen LogP contribution in [0.25, 0.3) is 6.08 Å². The van der Waals surface area contributed by atoms with Gasteiger partial charge in [0.25, 0.3) is 0 Å². The Balaban J connectivity index is 1.36. The fraction of sp³-hybridized carbons (Fsp3) is 0.143. The zero-order chi connectivity index (χ0) is 29.0. The normalized spacial score (nSPS) is 14.6. The second-order valence-electron chi connectivity index (χ2n) is 10.7. The maximum atomic E-state index is 12.6. The van der Waals surface area contributed by atoms with Crippen LogP contribution in [0.5, 0.6) is 23.0 Å². The summed E-state index contributed by atoms with van der Waals surface area (Å²) in [6.45, 7) is 6.46. The molecule has 0 spiro atoms. The Morgan fingerprint density at radius 3 is 2.34 bits per heavy atom. The molecule has 0 saturated carbocycles. The fourth-order valence-electron chi connectivity index (χ4n) is 4.63. The third kappa shape index (κ3) is 6.32. The molecule has 5 rings (SSSR count). The van der Waals surface area contributed by atoms with Crippen LogP contribution in [0.1, 0.15) is 48.9 Å². The van der Waals surface area contributed by atoms with Gasteiger partial charge in [-0.15, -0.1) is 0 Å². The summed E-state index contributed by atoms with van der Waals surface area (Å²) < 4.78 is 17.4. The van der Waals surface area contributed by atoms with E-state index in [1.165, 1.54) is 11.6 Å². The van der Waals surface area contributed by atoms with Gasteiger partial charge in [-0.25, -0.2) is 4.79 Å².